The van der Waals surface area contributed by atoms with Crippen LogP contribution < -0.4 is 10.6 Å². The van der Waals surface area contributed by atoms with Crippen LogP contribution in [0.4, 0.5) is 11.4 Å². The molecule has 0 spiro atoms. The van der Waals surface area contributed by atoms with Gasteiger partial charge in [-0.15, -0.1) is 0 Å². The number of anilines is 2. The normalized spacial score (nSPS) is 17.0. The minimum atomic E-state index is 0.209. The number of ether oxygens (including phenoxy) is 1. The van der Waals surface area contributed by atoms with Crippen LogP contribution in [0.2, 0.25) is 0 Å². The van der Waals surface area contributed by atoms with E-state index in [9.17, 15) is 4.79 Å². The first-order chi connectivity index (χ1) is 11.4. The molecule has 0 saturated carbocycles. The molecule has 1 heterocycles. The van der Waals surface area contributed by atoms with E-state index in [4.69, 9.17) is 10.5 Å². The lowest BCUT2D eigenvalue weighted by atomic mass is 9.94. The third kappa shape index (κ3) is 4.97. The first kappa shape index (κ1) is 18.8. The van der Waals surface area contributed by atoms with Crippen molar-refractivity contribution in [1.29, 1.82) is 0 Å². The third-order valence-corrected chi connectivity index (χ3v) is 4.72. The maximum absolute atomic E-state index is 11.4. The highest BCUT2D eigenvalue weighted by Gasteiger charge is 2.24. The molecule has 134 valence electrons. The Bertz CT molecular complexity index is 551. The summed E-state index contributed by atoms with van der Waals surface area (Å²) in [6, 6.07) is 6.81. The molecule has 0 amide bonds. The van der Waals surface area contributed by atoms with Gasteiger partial charge < -0.3 is 20.2 Å². The van der Waals surface area contributed by atoms with Crippen LogP contribution in [-0.4, -0.2) is 31.6 Å². The highest BCUT2D eigenvalue weighted by atomic mass is 16.5. The maximum Gasteiger partial charge on any atom is 0.130 e. The van der Waals surface area contributed by atoms with Gasteiger partial charge in [-0.2, -0.15) is 0 Å². The topological polar surface area (TPSA) is 55.6 Å². The number of benzene rings is 1. The van der Waals surface area contributed by atoms with Crippen molar-refractivity contribution < 1.29 is 9.53 Å². The number of nitrogen functional groups attached to an aromatic ring is 1. The lowest BCUT2D eigenvalue weighted by molar-refractivity contribution is -0.117. The fourth-order valence-corrected chi connectivity index (χ4v) is 3.52. The molecule has 1 aliphatic rings. The lowest BCUT2D eigenvalue weighted by Gasteiger charge is -2.38. The van der Waals surface area contributed by atoms with Gasteiger partial charge in [-0.3, -0.25) is 0 Å². The van der Waals surface area contributed by atoms with Crippen molar-refractivity contribution >= 4 is 17.2 Å². The molecule has 0 aliphatic carbocycles. The van der Waals surface area contributed by atoms with Crippen LogP contribution in [-0.2, 0) is 9.53 Å². The van der Waals surface area contributed by atoms with Gasteiger partial charge >= 0.3 is 0 Å². The van der Waals surface area contributed by atoms with Crippen molar-refractivity contribution in [2.45, 2.75) is 58.9 Å². The largest absolute Gasteiger partial charge is 0.397 e. The number of hydrogen-bond acceptors (Lipinski definition) is 4. The summed E-state index contributed by atoms with van der Waals surface area (Å²) < 4.78 is 5.52. The van der Waals surface area contributed by atoms with Gasteiger partial charge in [0.25, 0.3) is 0 Å². The predicted octanol–water partition coefficient (Wildman–Crippen LogP) is 3.99. The molecule has 0 radical (unpaired) electrons. The van der Waals surface area contributed by atoms with E-state index in [1.54, 1.807) is 6.92 Å². The lowest BCUT2D eigenvalue weighted by Crippen LogP contribution is -2.42. The van der Waals surface area contributed by atoms with E-state index >= 15 is 0 Å². The summed E-state index contributed by atoms with van der Waals surface area (Å²) >= 11 is 0. The average Bonchev–Trinajstić information content (AvgIpc) is 2.53. The highest BCUT2D eigenvalue weighted by Crippen LogP contribution is 2.32. The Morgan fingerprint density at radius 1 is 1.29 bits per heavy atom. The molecule has 1 atom stereocenters. The molecule has 1 fully saturated rings. The summed E-state index contributed by atoms with van der Waals surface area (Å²) in [5.41, 5.74) is 9.49. The molecule has 2 rings (SSSR count). The molecule has 24 heavy (non-hydrogen) atoms. The summed E-state index contributed by atoms with van der Waals surface area (Å²) in [6.07, 6.45) is 2.66. The number of ketones is 1. The van der Waals surface area contributed by atoms with Crippen molar-refractivity contribution in [3.8, 4) is 0 Å². The Kier molecular flexibility index (Phi) is 6.67. The maximum atomic E-state index is 11.4. The minimum absolute atomic E-state index is 0.209. The molecule has 1 aromatic carbocycles. The van der Waals surface area contributed by atoms with E-state index in [1.807, 2.05) is 0 Å². The smallest absolute Gasteiger partial charge is 0.130 e. The number of rotatable bonds is 7. The van der Waals surface area contributed by atoms with Crippen LogP contribution in [0.25, 0.3) is 0 Å². The van der Waals surface area contributed by atoms with Crippen LogP contribution in [0.1, 0.15) is 58.4 Å². The highest BCUT2D eigenvalue weighted by molar-refractivity contribution is 5.77. The van der Waals surface area contributed by atoms with Crippen LogP contribution >= 0.6 is 0 Å². The fraction of sp³-hybridized carbons (Fsp3) is 0.650. The Hall–Kier alpha value is -1.55. The summed E-state index contributed by atoms with van der Waals surface area (Å²) in [4.78, 5) is 13.8. The molecule has 1 aliphatic heterocycles. The molecule has 4 heteroatoms. The zero-order valence-electron chi connectivity index (χ0n) is 15.5. The molecule has 4 nitrogen and oxygen atoms in total. The molecule has 0 aromatic heterocycles. The monoisotopic (exact) mass is 332 g/mol. The fourth-order valence-electron chi connectivity index (χ4n) is 3.52. The second-order valence-electron chi connectivity index (χ2n) is 7.52. The molecule has 2 N–H and O–H groups in total. The van der Waals surface area contributed by atoms with E-state index < -0.39 is 0 Å². The summed E-state index contributed by atoms with van der Waals surface area (Å²) in [5, 5.41) is 0. The molecule has 1 aromatic rings. The molecule has 0 unspecified atom stereocenters. The first-order valence-electron chi connectivity index (χ1n) is 9.11. The Labute approximate surface area is 146 Å². The first-order valence-corrected chi connectivity index (χ1v) is 9.11. The Balaban J connectivity index is 2.24. The third-order valence-electron chi connectivity index (χ3n) is 4.72. The van der Waals surface area contributed by atoms with E-state index in [-0.39, 0.29) is 11.7 Å². The summed E-state index contributed by atoms with van der Waals surface area (Å²) in [7, 11) is 0. The number of nitrogens with two attached hydrogens (primary N) is 1. The van der Waals surface area contributed by atoms with Gasteiger partial charge in [0.05, 0.1) is 11.4 Å². The minimum Gasteiger partial charge on any atom is -0.397 e. The quantitative estimate of drug-likeness (QED) is 0.767. The predicted molar refractivity (Wildman–Crippen MR) is 101 cm³/mol. The molecule has 1 saturated heterocycles. The molecular formula is C20H32N2O2. The second-order valence-corrected chi connectivity index (χ2v) is 7.52. The number of hydrogen-bond donors (Lipinski definition) is 1. The number of carbonyl (C=O) groups is 1. The van der Waals surface area contributed by atoms with Gasteiger partial charge in [-0.05, 0) is 49.3 Å². The SMILES string of the molecule is CC(=O)C[C@@H](C)c1ccc(N(CC(C)C)C2CCOCC2)c(N)c1. The average molecular weight is 332 g/mol. The van der Waals surface area contributed by atoms with Crippen LogP contribution in [0.15, 0.2) is 18.2 Å². The van der Waals surface area contributed by atoms with Crippen molar-refractivity contribution in [2.24, 2.45) is 5.92 Å². The van der Waals surface area contributed by atoms with Gasteiger partial charge in [-0.1, -0.05) is 26.8 Å². The van der Waals surface area contributed by atoms with Gasteiger partial charge in [0, 0.05) is 32.2 Å². The van der Waals surface area contributed by atoms with E-state index in [2.05, 4.69) is 43.9 Å². The van der Waals surface area contributed by atoms with Crippen molar-refractivity contribution in [3.63, 3.8) is 0 Å². The van der Waals surface area contributed by atoms with Gasteiger partial charge in [0.1, 0.15) is 5.78 Å². The number of carbonyl (C=O) groups excluding carboxylic acids is 1. The standard InChI is InChI=1S/C20H32N2O2/c1-14(2)13-22(18-7-9-24-10-8-18)20-6-5-17(12-19(20)21)15(3)11-16(4)23/h5-6,12,14-15,18H,7-11,13,21H2,1-4H3/t15-/m1/s1. The number of nitrogens with zero attached hydrogens (tertiary/aromatic N) is 1. The zero-order chi connectivity index (χ0) is 17.7. The van der Waals surface area contributed by atoms with E-state index in [1.165, 1.54) is 0 Å². The van der Waals surface area contributed by atoms with Gasteiger partial charge in [0.2, 0.25) is 0 Å². The van der Waals surface area contributed by atoms with E-state index in [0.717, 1.165) is 49.5 Å². The van der Waals surface area contributed by atoms with Gasteiger partial charge in [-0.25, -0.2) is 0 Å². The molecular weight excluding hydrogens is 300 g/mol. The Morgan fingerprint density at radius 2 is 1.96 bits per heavy atom. The number of Topliss-reactive ketones (excluding diaryl/α,β-unsaturated/α-hetero) is 1. The summed E-state index contributed by atoms with van der Waals surface area (Å²) in [5.74, 6) is 0.998. The van der Waals surface area contributed by atoms with Crippen LogP contribution in [0, 0.1) is 5.92 Å². The van der Waals surface area contributed by atoms with E-state index in [0.29, 0.717) is 18.4 Å². The summed E-state index contributed by atoms with van der Waals surface area (Å²) in [6.45, 7) is 10.9. The van der Waals surface area contributed by atoms with Gasteiger partial charge in [0.15, 0.2) is 0 Å². The molecule has 0 bridgehead atoms. The van der Waals surface area contributed by atoms with Crippen molar-refractivity contribution in [2.75, 3.05) is 30.4 Å². The second kappa shape index (κ2) is 8.52. The van der Waals surface area contributed by atoms with Crippen LogP contribution in [0.3, 0.4) is 0 Å². The zero-order valence-corrected chi connectivity index (χ0v) is 15.5. The van der Waals surface area contributed by atoms with Crippen molar-refractivity contribution in [3.05, 3.63) is 23.8 Å². The van der Waals surface area contributed by atoms with Crippen LogP contribution in [0.5, 0.6) is 0 Å². The van der Waals surface area contributed by atoms with Crippen molar-refractivity contribution in [1.82, 2.24) is 0 Å². The Morgan fingerprint density at radius 3 is 2.50 bits per heavy atom.